The zero-order chi connectivity index (χ0) is 23.4. The number of anilines is 1. The number of aromatic nitrogens is 3. The number of carbonyl (C=O) groups excluding carboxylic acids is 1. The van der Waals surface area contributed by atoms with Gasteiger partial charge in [0.1, 0.15) is 11.9 Å². The lowest BCUT2D eigenvalue weighted by Crippen LogP contribution is -2.45. The third kappa shape index (κ3) is 3.86. The second-order valence-electron chi connectivity index (χ2n) is 10.9. The van der Waals surface area contributed by atoms with E-state index >= 15 is 0 Å². The number of carbonyl (C=O) groups is 1. The highest BCUT2D eigenvalue weighted by Crippen LogP contribution is 2.48. The topological polar surface area (TPSA) is 97.2 Å². The van der Waals surface area contributed by atoms with E-state index in [4.69, 9.17) is 9.15 Å². The van der Waals surface area contributed by atoms with Crippen molar-refractivity contribution in [3.05, 3.63) is 42.0 Å². The van der Waals surface area contributed by atoms with Crippen LogP contribution in [0.5, 0.6) is 0 Å². The smallest absolute Gasteiger partial charge is 0.418 e. The van der Waals surface area contributed by atoms with Crippen LogP contribution in [0.4, 0.5) is 10.8 Å². The lowest BCUT2D eigenvalue weighted by molar-refractivity contribution is -0.0264. The molecule has 8 heteroatoms. The number of nitrogens with zero attached hydrogens (tertiary/aromatic N) is 5. The zero-order valence-electron chi connectivity index (χ0n) is 19.6. The van der Waals surface area contributed by atoms with Gasteiger partial charge < -0.3 is 13.7 Å². The van der Waals surface area contributed by atoms with E-state index in [1.165, 1.54) is 4.90 Å². The fourth-order valence-corrected chi connectivity index (χ4v) is 5.32. The minimum Gasteiger partial charge on any atom is -0.441 e. The van der Waals surface area contributed by atoms with E-state index in [1.807, 2.05) is 18.5 Å². The lowest BCUT2D eigenvalue weighted by atomic mass is 9.68. The Hall–Kier alpha value is -3.34. The van der Waals surface area contributed by atoms with Gasteiger partial charge in [-0.3, -0.25) is 0 Å². The van der Waals surface area contributed by atoms with Gasteiger partial charge in [0.2, 0.25) is 0 Å². The quantitative estimate of drug-likeness (QED) is 0.549. The highest BCUT2D eigenvalue weighted by molar-refractivity contribution is 5.87. The van der Waals surface area contributed by atoms with Crippen LogP contribution in [0, 0.1) is 16.7 Å². The Morgan fingerprint density at radius 1 is 1.27 bits per heavy atom. The number of oxazole rings is 1. The SMILES string of the molecule is CC1(Cn2cnc3ccc(C#N)cc32)CCCC2(CN(c3nc(C(C)(C)C)co3)C(=O)O2)C1. The van der Waals surface area contributed by atoms with Gasteiger partial charge in [-0.05, 0) is 49.3 Å². The number of hydrogen-bond acceptors (Lipinski definition) is 6. The molecule has 1 aromatic carbocycles. The van der Waals surface area contributed by atoms with Crippen molar-refractivity contribution in [2.75, 3.05) is 11.4 Å². The van der Waals surface area contributed by atoms with Crippen molar-refractivity contribution in [3.63, 3.8) is 0 Å². The molecule has 5 rings (SSSR count). The van der Waals surface area contributed by atoms with Crippen LogP contribution in [0.3, 0.4) is 0 Å². The summed E-state index contributed by atoms with van der Waals surface area (Å²) in [5.41, 5.74) is 2.45. The summed E-state index contributed by atoms with van der Waals surface area (Å²) < 4.78 is 13.8. The normalized spacial score (nSPS) is 25.5. The van der Waals surface area contributed by atoms with Crippen molar-refractivity contribution in [1.29, 1.82) is 5.26 Å². The largest absolute Gasteiger partial charge is 0.441 e. The van der Waals surface area contributed by atoms with Crippen LogP contribution in [0.15, 0.2) is 35.2 Å². The maximum absolute atomic E-state index is 12.8. The van der Waals surface area contributed by atoms with Crippen molar-refractivity contribution in [2.45, 2.75) is 70.9 Å². The Balaban J connectivity index is 1.38. The molecule has 2 atom stereocenters. The Labute approximate surface area is 193 Å². The second-order valence-corrected chi connectivity index (χ2v) is 10.9. The summed E-state index contributed by atoms with van der Waals surface area (Å²) in [6.07, 6.45) is 6.62. The van der Waals surface area contributed by atoms with E-state index in [1.54, 1.807) is 12.3 Å². The highest BCUT2D eigenvalue weighted by Gasteiger charge is 2.52. The van der Waals surface area contributed by atoms with Gasteiger partial charge in [-0.25, -0.2) is 14.7 Å². The van der Waals surface area contributed by atoms with E-state index in [9.17, 15) is 10.1 Å². The summed E-state index contributed by atoms with van der Waals surface area (Å²) in [5.74, 6) is 0. The van der Waals surface area contributed by atoms with Gasteiger partial charge in [-0.2, -0.15) is 10.2 Å². The molecule has 1 saturated carbocycles. The molecule has 3 aromatic rings. The Kier molecular flexibility index (Phi) is 4.78. The molecule has 1 spiro atoms. The van der Waals surface area contributed by atoms with Crippen LogP contribution in [0.25, 0.3) is 11.0 Å². The van der Waals surface area contributed by atoms with Crippen molar-refractivity contribution in [1.82, 2.24) is 14.5 Å². The number of ether oxygens (including phenoxy) is 1. The average molecular weight is 448 g/mol. The maximum Gasteiger partial charge on any atom is 0.418 e. The number of fused-ring (bicyclic) bond motifs is 1. The van der Waals surface area contributed by atoms with Crippen LogP contribution in [0.2, 0.25) is 0 Å². The van der Waals surface area contributed by atoms with Gasteiger partial charge in [0.25, 0.3) is 0 Å². The number of nitriles is 1. The molecule has 0 bridgehead atoms. The van der Waals surface area contributed by atoms with Crippen LogP contribution < -0.4 is 4.90 Å². The molecule has 0 N–H and O–H groups in total. The number of benzene rings is 1. The lowest BCUT2D eigenvalue weighted by Gasteiger charge is -2.43. The molecule has 33 heavy (non-hydrogen) atoms. The third-order valence-electron chi connectivity index (χ3n) is 6.93. The summed E-state index contributed by atoms with van der Waals surface area (Å²) in [4.78, 5) is 23.4. The molecule has 1 saturated heterocycles. The first-order chi connectivity index (χ1) is 15.6. The monoisotopic (exact) mass is 447 g/mol. The summed E-state index contributed by atoms with van der Waals surface area (Å²) in [6, 6.07) is 8.07. The van der Waals surface area contributed by atoms with Crippen molar-refractivity contribution < 1.29 is 13.9 Å². The van der Waals surface area contributed by atoms with Gasteiger partial charge in [-0.15, -0.1) is 0 Å². The zero-order valence-corrected chi connectivity index (χ0v) is 19.6. The van der Waals surface area contributed by atoms with E-state index in [-0.39, 0.29) is 10.8 Å². The second kappa shape index (κ2) is 7.34. The molecule has 2 aromatic heterocycles. The predicted molar refractivity (Wildman–Crippen MR) is 123 cm³/mol. The maximum atomic E-state index is 12.8. The summed E-state index contributed by atoms with van der Waals surface area (Å²) in [6.45, 7) is 9.60. The van der Waals surface area contributed by atoms with Crippen LogP contribution in [-0.2, 0) is 16.7 Å². The summed E-state index contributed by atoms with van der Waals surface area (Å²) >= 11 is 0. The number of amides is 1. The number of rotatable bonds is 3. The van der Waals surface area contributed by atoms with E-state index in [2.05, 4.69) is 48.3 Å². The van der Waals surface area contributed by atoms with Crippen LogP contribution >= 0.6 is 0 Å². The summed E-state index contributed by atoms with van der Waals surface area (Å²) in [5, 5.41) is 9.28. The Morgan fingerprint density at radius 2 is 2.09 bits per heavy atom. The Morgan fingerprint density at radius 3 is 2.82 bits per heavy atom. The first-order valence-corrected chi connectivity index (χ1v) is 11.4. The van der Waals surface area contributed by atoms with E-state index in [0.29, 0.717) is 18.1 Å². The molecular weight excluding hydrogens is 418 g/mol. The molecule has 0 radical (unpaired) electrons. The van der Waals surface area contributed by atoms with Gasteiger partial charge in [0, 0.05) is 12.0 Å². The molecule has 2 aliphatic rings. The fraction of sp³-hybridized carbons (Fsp3) is 0.520. The standard InChI is InChI=1S/C25H29N5O3/c1-23(2,3)20-12-32-21(28-20)30-15-25(33-22(30)31)9-5-8-24(4,13-25)14-29-16-27-18-7-6-17(11-26)10-19(18)29/h6-7,10,12,16H,5,8-9,13-15H2,1-4H3. The fourth-order valence-electron chi connectivity index (χ4n) is 5.32. The predicted octanol–water partition coefficient (Wildman–Crippen LogP) is 5.17. The molecular formula is C25H29N5O3. The molecule has 2 fully saturated rings. The van der Waals surface area contributed by atoms with Gasteiger partial charge in [0.05, 0.1) is 41.2 Å². The molecule has 1 aliphatic carbocycles. The third-order valence-corrected chi connectivity index (χ3v) is 6.93. The van der Waals surface area contributed by atoms with E-state index < -0.39 is 11.7 Å². The molecule has 3 heterocycles. The number of imidazole rings is 1. The first-order valence-electron chi connectivity index (χ1n) is 11.4. The van der Waals surface area contributed by atoms with Crippen molar-refractivity contribution in [2.24, 2.45) is 5.41 Å². The average Bonchev–Trinajstić information content (AvgIpc) is 3.45. The minimum atomic E-state index is -0.561. The summed E-state index contributed by atoms with van der Waals surface area (Å²) in [7, 11) is 0. The van der Waals surface area contributed by atoms with Gasteiger partial charge >= 0.3 is 12.1 Å². The van der Waals surface area contributed by atoms with Crippen molar-refractivity contribution in [3.8, 4) is 6.07 Å². The number of hydrogen-bond donors (Lipinski definition) is 0. The van der Waals surface area contributed by atoms with Gasteiger partial charge in [0.15, 0.2) is 0 Å². The molecule has 172 valence electrons. The van der Waals surface area contributed by atoms with Crippen molar-refractivity contribution >= 4 is 23.1 Å². The van der Waals surface area contributed by atoms with E-state index in [0.717, 1.165) is 49.0 Å². The first kappa shape index (κ1) is 21.5. The molecule has 1 aliphatic heterocycles. The van der Waals surface area contributed by atoms with Crippen LogP contribution in [-0.4, -0.2) is 32.8 Å². The molecule has 2 unspecified atom stereocenters. The molecule has 8 nitrogen and oxygen atoms in total. The van der Waals surface area contributed by atoms with Crippen LogP contribution in [0.1, 0.15) is 64.6 Å². The molecule has 1 amide bonds. The Bertz CT molecular complexity index is 1260. The highest BCUT2D eigenvalue weighted by atomic mass is 16.6. The van der Waals surface area contributed by atoms with Gasteiger partial charge in [-0.1, -0.05) is 27.7 Å². The minimum absolute atomic E-state index is 0.0853.